The molecule has 0 fully saturated rings. The minimum absolute atomic E-state index is 0.127. The molecule has 0 aliphatic rings. The molecule has 0 amide bonds. The van der Waals surface area contributed by atoms with Crippen molar-refractivity contribution in [2.75, 3.05) is 27.8 Å². The molecule has 0 bridgehead atoms. The fourth-order valence-corrected chi connectivity index (χ4v) is 2.23. The van der Waals surface area contributed by atoms with Crippen molar-refractivity contribution in [3.63, 3.8) is 0 Å². The van der Waals surface area contributed by atoms with Crippen molar-refractivity contribution in [3.05, 3.63) is 16.1 Å². The predicted octanol–water partition coefficient (Wildman–Crippen LogP) is 1.57. The van der Waals surface area contributed by atoms with E-state index in [0.29, 0.717) is 16.0 Å². The van der Waals surface area contributed by atoms with E-state index in [-0.39, 0.29) is 23.6 Å². The summed E-state index contributed by atoms with van der Waals surface area (Å²) in [5.41, 5.74) is 0.178. The van der Waals surface area contributed by atoms with Crippen molar-refractivity contribution < 1.29 is 19.4 Å². The van der Waals surface area contributed by atoms with Crippen LogP contribution in [0.4, 0.5) is 0 Å². The van der Waals surface area contributed by atoms with Crippen LogP contribution in [0.25, 0.3) is 0 Å². The molecule has 5 nitrogen and oxygen atoms in total. The Morgan fingerprint density at radius 1 is 1.47 bits per heavy atom. The molecular formula is C11H14BrNO4. The summed E-state index contributed by atoms with van der Waals surface area (Å²) in [6, 6.07) is 1.35. The number of methoxy groups -OCH3 is 2. The number of hydrogen-bond acceptors (Lipinski definition) is 5. The first-order valence-corrected chi connectivity index (χ1v) is 5.67. The number of phenolic OH excluding ortho intramolecular Hbond substituents is 1. The van der Waals surface area contributed by atoms with E-state index in [1.807, 2.05) is 0 Å². The number of benzene rings is 1. The number of nitrogens with one attached hydrogen (secondary N) is 1. The zero-order chi connectivity index (χ0) is 13.0. The lowest BCUT2D eigenvalue weighted by Gasteiger charge is -2.14. The maximum Gasteiger partial charge on any atom is 0.181 e. The first kappa shape index (κ1) is 13.8. The van der Waals surface area contributed by atoms with E-state index in [1.54, 1.807) is 7.05 Å². The maximum atomic E-state index is 11.8. The number of phenols is 1. The van der Waals surface area contributed by atoms with Crippen LogP contribution in [-0.2, 0) is 0 Å². The molecule has 0 saturated heterocycles. The topological polar surface area (TPSA) is 67.8 Å². The van der Waals surface area contributed by atoms with Crippen molar-refractivity contribution >= 4 is 21.7 Å². The van der Waals surface area contributed by atoms with Crippen molar-refractivity contribution in [2.24, 2.45) is 0 Å². The lowest BCUT2D eigenvalue weighted by Crippen LogP contribution is -2.19. The van der Waals surface area contributed by atoms with Gasteiger partial charge in [0.15, 0.2) is 17.3 Å². The summed E-state index contributed by atoms with van der Waals surface area (Å²) in [5, 5.41) is 12.5. The van der Waals surface area contributed by atoms with E-state index in [9.17, 15) is 9.90 Å². The average Bonchev–Trinajstić information content (AvgIpc) is 2.28. The Morgan fingerprint density at radius 2 is 2.12 bits per heavy atom. The van der Waals surface area contributed by atoms with Gasteiger partial charge < -0.3 is 19.9 Å². The monoisotopic (exact) mass is 303 g/mol. The number of ether oxygens (including phenoxy) is 2. The first-order valence-electron chi connectivity index (χ1n) is 4.88. The Kier molecular flexibility index (Phi) is 4.77. The normalized spacial score (nSPS) is 10.1. The summed E-state index contributed by atoms with van der Waals surface area (Å²) in [4.78, 5) is 11.8. The van der Waals surface area contributed by atoms with Gasteiger partial charge in [0.1, 0.15) is 5.75 Å². The number of Topliss-reactive ketones (excluding diaryl/α,β-unsaturated/α-hetero) is 1. The third-order valence-corrected chi connectivity index (χ3v) is 2.96. The molecule has 0 radical (unpaired) electrons. The van der Waals surface area contributed by atoms with Crippen molar-refractivity contribution in [3.8, 4) is 17.2 Å². The summed E-state index contributed by atoms with van der Waals surface area (Å²) in [7, 11) is 4.58. The largest absolute Gasteiger partial charge is 0.507 e. The van der Waals surface area contributed by atoms with Crippen LogP contribution >= 0.6 is 15.9 Å². The molecule has 0 aromatic heterocycles. The number of carbonyl (C=O) groups is 1. The van der Waals surface area contributed by atoms with Gasteiger partial charge in [-0.25, -0.2) is 0 Å². The zero-order valence-corrected chi connectivity index (χ0v) is 11.4. The van der Waals surface area contributed by atoms with Crippen molar-refractivity contribution in [1.29, 1.82) is 0 Å². The fraction of sp³-hybridized carbons (Fsp3) is 0.364. The zero-order valence-electron chi connectivity index (χ0n) is 9.83. The highest BCUT2D eigenvalue weighted by molar-refractivity contribution is 9.10. The second kappa shape index (κ2) is 5.88. The predicted molar refractivity (Wildman–Crippen MR) is 67.2 cm³/mol. The molecule has 1 rings (SSSR count). The second-order valence-corrected chi connectivity index (χ2v) is 4.07. The summed E-state index contributed by atoms with van der Waals surface area (Å²) < 4.78 is 10.6. The van der Waals surface area contributed by atoms with E-state index >= 15 is 0 Å². The van der Waals surface area contributed by atoms with Crippen LogP contribution in [0.15, 0.2) is 10.5 Å². The molecule has 0 unspecified atom stereocenters. The summed E-state index contributed by atoms with van der Waals surface area (Å²) in [5.74, 6) is 0.357. The minimum atomic E-state index is -0.238. The molecule has 0 aliphatic carbocycles. The lowest BCUT2D eigenvalue weighted by atomic mass is 10.1. The summed E-state index contributed by atoms with van der Waals surface area (Å²) >= 11 is 3.24. The van der Waals surface area contributed by atoms with Gasteiger partial charge in [-0.2, -0.15) is 0 Å². The Morgan fingerprint density at radius 3 is 2.59 bits per heavy atom. The first-order chi connectivity index (χ1) is 8.06. The quantitative estimate of drug-likeness (QED) is 0.808. The van der Waals surface area contributed by atoms with Crippen LogP contribution in [-0.4, -0.2) is 38.7 Å². The second-order valence-electron chi connectivity index (χ2n) is 3.27. The number of carbonyl (C=O) groups excluding carboxylic acids is 1. The number of ketones is 1. The van der Waals surface area contributed by atoms with Gasteiger partial charge in [0.25, 0.3) is 0 Å². The maximum absolute atomic E-state index is 11.8. The molecule has 0 spiro atoms. The molecule has 0 saturated carbocycles. The van der Waals surface area contributed by atoms with Gasteiger partial charge in [-0.1, -0.05) is 0 Å². The van der Waals surface area contributed by atoms with Gasteiger partial charge >= 0.3 is 0 Å². The highest BCUT2D eigenvalue weighted by Crippen LogP contribution is 2.42. The number of aromatic hydroxyl groups is 1. The molecule has 17 heavy (non-hydrogen) atoms. The van der Waals surface area contributed by atoms with Crippen LogP contribution in [0.2, 0.25) is 0 Å². The fourth-order valence-electron chi connectivity index (χ4n) is 1.45. The van der Waals surface area contributed by atoms with Crippen LogP contribution in [0.5, 0.6) is 17.2 Å². The Hall–Kier alpha value is -1.27. The lowest BCUT2D eigenvalue weighted by molar-refractivity contribution is 0.0989. The molecule has 1 aromatic carbocycles. The van der Waals surface area contributed by atoms with E-state index < -0.39 is 0 Å². The van der Waals surface area contributed by atoms with Crippen molar-refractivity contribution in [1.82, 2.24) is 5.32 Å². The molecule has 94 valence electrons. The Balaban J connectivity index is 3.36. The number of hydrogen-bond donors (Lipinski definition) is 2. The molecule has 1 aromatic rings. The van der Waals surface area contributed by atoms with Gasteiger partial charge in [-0.3, -0.25) is 4.79 Å². The van der Waals surface area contributed by atoms with Gasteiger partial charge in [0.05, 0.1) is 30.8 Å². The number of likely N-dealkylation sites (N-methyl/N-ethyl adjacent to an activating group) is 1. The van der Waals surface area contributed by atoms with Crippen LogP contribution in [0.1, 0.15) is 10.4 Å². The van der Waals surface area contributed by atoms with Gasteiger partial charge in [-0.05, 0) is 23.0 Å². The third-order valence-electron chi connectivity index (χ3n) is 2.21. The van der Waals surface area contributed by atoms with Crippen LogP contribution in [0.3, 0.4) is 0 Å². The molecular weight excluding hydrogens is 290 g/mol. The van der Waals surface area contributed by atoms with Crippen molar-refractivity contribution in [2.45, 2.75) is 0 Å². The van der Waals surface area contributed by atoms with E-state index in [2.05, 4.69) is 21.2 Å². The minimum Gasteiger partial charge on any atom is -0.507 e. The van der Waals surface area contributed by atoms with Gasteiger partial charge in [0, 0.05) is 6.07 Å². The highest BCUT2D eigenvalue weighted by Gasteiger charge is 2.22. The molecule has 2 N–H and O–H groups in total. The van der Waals surface area contributed by atoms with Crippen LogP contribution in [0, 0.1) is 0 Å². The number of halogens is 1. The van der Waals surface area contributed by atoms with Gasteiger partial charge in [0.2, 0.25) is 0 Å². The Labute approximate surface area is 108 Å². The molecule has 0 aliphatic heterocycles. The Bertz CT molecular complexity index is 434. The average molecular weight is 304 g/mol. The number of rotatable bonds is 5. The summed E-state index contributed by atoms with van der Waals surface area (Å²) in [6.07, 6.45) is 0. The highest BCUT2D eigenvalue weighted by atomic mass is 79.9. The van der Waals surface area contributed by atoms with E-state index in [4.69, 9.17) is 9.47 Å². The SMILES string of the molecule is CNCC(=O)c1c(O)cc(OC)c(OC)c1Br. The summed E-state index contributed by atoms with van der Waals surface area (Å²) in [6.45, 7) is 0.127. The van der Waals surface area contributed by atoms with Gasteiger partial charge in [-0.15, -0.1) is 0 Å². The third kappa shape index (κ3) is 2.70. The molecule has 0 atom stereocenters. The van der Waals surface area contributed by atoms with Crippen LogP contribution < -0.4 is 14.8 Å². The van der Waals surface area contributed by atoms with E-state index in [1.165, 1.54) is 20.3 Å². The smallest absolute Gasteiger partial charge is 0.181 e. The standard InChI is InChI=1S/C11H14BrNO4/c1-13-5-7(15)9-6(14)4-8(16-2)11(17-3)10(9)12/h4,13-14H,5H2,1-3H3. The van der Waals surface area contributed by atoms with E-state index in [0.717, 1.165) is 0 Å². The molecule has 0 heterocycles. The molecule has 6 heteroatoms.